The second-order valence-electron chi connectivity index (χ2n) is 5.99. The molecule has 2 amide bonds. The number of amides is 2. The first kappa shape index (κ1) is 17.6. The van der Waals surface area contributed by atoms with Crippen molar-refractivity contribution in [2.75, 3.05) is 17.2 Å². The van der Waals surface area contributed by atoms with Crippen LogP contribution in [-0.4, -0.2) is 24.5 Å². The lowest BCUT2D eigenvalue weighted by atomic mass is 10.1. The minimum absolute atomic E-state index is 0.169. The fourth-order valence-corrected chi connectivity index (χ4v) is 3.00. The van der Waals surface area contributed by atoms with Crippen molar-refractivity contribution in [1.29, 1.82) is 0 Å². The van der Waals surface area contributed by atoms with Gasteiger partial charge in [0, 0.05) is 28.0 Å². The maximum atomic E-state index is 12.4. The van der Waals surface area contributed by atoms with Gasteiger partial charge in [0.15, 0.2) is 0 Å². The van der Waals surface area contributed by atoms with Gasteiger partial charge in [0.1, 0.15) is 6.10 Å². The molecule has 0 bridgehead atoms. The molecular formula is C19H19BrN2O3. The van der Waals surface area contributed by atoms with E-state index in [0.29, 0.717) is 23.5 Å². The summed E-state index contributed by atoms with van der Waals surface area (Å²) in [5.41, 5.74) is 2.85. The summed E-state index contributed by atoms with van der Waals surface area (Å²) in [7, 11) is 0. The Balaban J connectivity index is 1.68. The highest BCUT2D eigenvalue weighted by atomic mass is 79.9. The highest BCUT2D eigenvalue weighted by molar-refractivity contribution is 9.10. The number of ether oxygens (including phenoxy) is 1. The number of rotatable bonds is 4. The van der Waals surface area contributed by atoms with Crippen molar-refractivity contribution in [3.8, 4) is 0 Å². The molecule has 0 aromatic heterocycles. The number of hydrogen-bond donors (Lipinski definition) is 2. The molecule has 25 heavy (non-hydrogen) atoms. The van der Waals surface area contributed by atoms with Gasteiger partial charge in [0.2, 0.25) is 0 Å². The van der Waals surface area contributed by atoms with Gasteiger partial charge < -0.3 is 15.4 Å². The molecule has 0 radical (unpaired) electrons. The molecule has 130 valence electrons. The van der Waals surface area contributed by atoms with Gasteiger partial charge in [0.05, 0.1) is 0 Å². The summed E-state index contributed by atoms with van der Waals surface area (Å²) >= 11 is 3.45. The van der Waals surface area contributed by atoms with Crippen LogP contribution in [-0.2, 0) is 9.53 Å². The third-order valence-electron chi connectivity index (χ3n) is 4.04. The van der Waals surface area contributed by atoms with Crippen LogP contribution in [0.15, 0.2) is 46.9 Å². The largest absolute Gasteiger partial charge is 0.368 e. The number of carbonyl (C=O) groups excluding carboxylic acids is 2. The Kier molecular flexibility index (Phi) is 5.50. The van der Waals surface area contributed by atoms with Crippen molar-refractivity contribution in [1.82, 2.24) is 0 Å². The number of aryl methyl sites for hydroxylation is 1. The molecule has 0 saturated carbocycles. The van der Waals surface area contributed by atoms with Crippen molar-refractivity contribution in [2.24, 2.45) is 0 Å². The number of halogens is 1. The molecule has 3 rings (SSSR count). The van der Waals surface area contributed by atoms with Crippen molar-refractivity contribution in [3.63, 3.8) is 0 Å². The van der Waals surface area contributed by atoms with Crippen LogP contribution in [0.2, 0.25) is 0 Å². The Hall–Kier alpha value is -2.18. The first-order valence-electron chi connectivity index (χ1n) is 8.13. The van der Waals surface area contributed by atoms with E-state index < -0.39 is 6.10 Å². The van der Waals surface area contributed by atoms with Crippen molar-refractivity contribution >= 4 is 39.1 Å². The summed E-state index contributed by atoms with van der Waals surface area (Å²) < 4.78 is 6.30. The van der Waals surface area contributed by atoms with E-state index in [1.165, 1.54) is 0 Å². The summed E-state index contributed by atoms with van der Waals surface area (Å²) in [6.07, 6.45) is 1.23. The molecule has 1 aliphatic rings. The smallest absolute Gasteiger partial charge is 0.255 e. The molecule has 2 N–H and O–H groups in total. The predicted molar refractivity (Wildman–Crippen MR) is 101 cm³/mol. The van der Waals surface area contributed by atoms with E-state index in [1.54, 1.807) is 24.3 Å². The summed E-state index contributed by atoms with van der Waals surface area (Å²) in [6.45, 7) is 2.60. The third kappa shape index (κ3) is 4.46. The summed E-state index contributed by atoms with van der Waals surface area (Å²) in [4.78, 5) is 24.6. The Labute approximate surface area is 154 Å². The first-order chi connectivity index (χ1) is 12.0. The van der Waals surface area contributed by atoms with Gasteiger partial charge in [-0.3, -0.25) is 9.59 Å². The molecule has 0 spiro atoms. The van der Waals surface area contributed by atoms with E-state index in [-0.39, 0.29) is 11.8 Å². The number of anilines is 2. The Bertz CT molecular complexity index is 801. The van der Waals surface area contributed by atoms with E-state index >= 15 is 0 Å². The lowest BCUT2D eigenvalue weighted by molar-refractivity contribution is -0.124. The van der Waals surface area contributed by atoms with Crippen molar-refractivity contribution in [2.45, 2.75) is 25.9 Å². The highest BCUT2D eigenvalue weighted by Crippen LogP contribution is 2.22. The van der Waals surface area contributed by atoms with Gasteiger partial charge in [-0.05, 0) is 55.7 Å². The standard InChI is InChI=1S/C19H19BrN2O3/c1-12-7-8-15(11-16(12)20)21-18(23)13-4-2-5-14(10-13)22-19(24)17-6-3-9-25-17/h2,4-5,7-8,10-11,17H,3,6,9H2,1H3,(H,21,23)(H,22,24)/t17-/m0/s1. The second-order valence-corrected chi connectivity index (χ2v) is 6.84. The van der Waals surface area contributed by atoms with Crippen LogP contribution in [0.3, 0.4) is 0 Å². The average Bonchev–Trinajstić information content (AvgIpc) is 3.13. The molecule has 5 nitrogen and oxygen atoms in total. The van der Waals surface area contributed by atoms with Crippen LogP contribution in [0.25, 0.3) is 0 Å². The molecule has 6 heteroatoms. The van der Waals surface area contributed by atoms with Gasteiger partial charge in [-0.1, -0.05) is 28.1 Å². The summed E-state index contributed by atoms with van der Waals surface area (Å²) in [5, 5.41) is 5.66. The maximum absolute atomic E-state index is 12.4. The monoisotopic (exact) mass is 402 g/mol. The third-order valence-corrected chi connectivity index (χ3v) is 4.90. The average molecular weight is 403 g/mol. The lowest BCUT2D eigenvalue weighted by Crippen LogP contribution is -2.27. The Morgan fingerprint density at radius 3 is 2.64 bits per heavy atom. The number of nitrogens with one attached hydrogen (secondary N) is 2. The number of benzene rings is 2. The summed E-state index contributed by atoms with van der Waals surface area (Å²) in [6, 6.07) is 12.5. The zero-order valence-electron chi connectivity index (χ0n) is 13.8. The van der Waals surface area contributed by atoms with Crippen LogP contribution in [0.5, 0.6) is 0 Å². The van der Waals surface area contributed by atoms with Crippen LogP contribution in [0.1, 0.15) is 28.8 Å². The van der Waals surface area contributed by atoms with Gasteiger partial charge in [-0.25, -0.2) is 0 Å². The van der Waals surface area contributed by atoms with Crippen molar-refractivity contribution in [3.05, 3.63) is 58.1 Å². The topological polar surface area (TPSA) is 67.4 Å². The number of hydrogen-bond acceptors (Lipinski definition) is 3. The molecule has 1 fully saturated rings. The van der Waals surface area contributed by atoms with Crippen molar-refractivity contribution < 1.29 is 14.3 Å². The number of carbonyl (C=O) groups is 2. The molecule has 1 heterocycles. The lowest BCUT2D eigenvalue weighted by Gasteiger charge is -2.12. The molecule has 1 saturated heterocycles. The molecule has 0 aliphatic carbocycles. The van der Waals surface area contributed by atoms with Gasteiger partial charge in [0.25, 0.3) is 11.8 Å². The van der Waals surface area contributed by atoms with Crippen LogP contribution in [0, 0.1) is 6.92 Å². The zero-order chi connectivity index (χ0) is 17.8. The van der Waals surface area contributed by atoms with E-state index in [0.717, 1.165) is 22.9 Å². The SMILES string of the molecule is Cc1ccc(NC(=O)c2cccc(NC(=O)[C@@H]3CCCO3)c2)cc1Br. The quantitative estimate of drug-likeness (QED) is 0.807. The molecule has 2 aromatic rings. The van der Waals surface area contributed by atoms with Crippen LogP contribution < -0.4 is 10.6 Å². The fourth-order valence-electron chi connectivity index (χ4n) is 2.62. The van der Waals surface area contributed by atoms with E-state index in [1.807, 2.05) is 25.1 Å². The second kappa shape index (κ2) is 7.80. The molecule has 1 atom stereocenters. The first-order valence-corrected chi connectivity index (χ1v) is 8.92. The Morgan fingerprint density at radius 1 is 1.12 bits per heavy atom. The molecular weight excluding hydrogens is 384 g/mol. The molecule has 1 aliphatic heterocycles. The normalized spacial score (nSPS) is 16.5. The van der Waals surface area contributed by atoms with Crippen LogP contribution in [0.4, 0.5) is 11.4 Å². The summed E-state index contributed by atoms with van der Waals surface area (Å²) in [5.74, 6) is -0.401. The minimum atomic E-state index is -0.401. The highest BCUT2D eigenvalue weighted by Gasteiger charge is 2.23. The maximum Gasteiger partial charge on any atom is 0.255 e. The fraction of sp³-hybridized carbons (Fsp3) is 0.263. The zero-order valence-corrected chi connectivity index (χ0v) is 15.4. The van der Waals surface area contributed by atoms with Gasteiger partial charge in [-0.15, -0.1) is 0 Å². The predicted octanol–water partition coefficient (Wildman–Crippen LogP) is 4.13. The van der Waals surface area contributed by atoms with E-state index in [4.69, 9.17) is 4.74 Å². The van der Waals surface area contributed by atoms with E-state index in [9.17, 15) is 9.59 Å². The minimum Gasteiger partial charge on any atom is -0.368 e. The Morgan fingerprint density at radius 2 is 1.92 bits per heavy atom. The molecule has 2 aromatic carbocycles. The van der Waals surface area contributed by atoms with Gasteiger partial charge in [-0.2, -0.15) is 0 Å². The molecule has 0 unspecified atom stereocenters. The van der Waals surface area contributed by atoms with Crippen LogP contribution >= 0.6 is 15.9 Å². The van der Waals surface area contributed by atoms with Gasteiger partial charge >= 0.3 is 0 Å². The van der Waals surface area contributed by atoms with E-state index in [2.05, 4.69) is 26.6 Å².